The van der Waals surface area contributed by atoms with Crippen LogP contribution in [0.1, 0.15) is 5.56 Å². The van der Waals surface area contributed by atoms with E-state index in [0.29, 0.717) is 5.02 Å². The number of rotatable bonds is 3. The number of nitrogens with one attached hydrogen (secondary N) is 1. The van der Waals surface area contributed by atoms with E-state index in [4.69, 9.17) is 23.2 Å². The van der Waals surface area contributed by atoms with Crippen LogP contribution in [0, 0.1) is 0 Å². The van der Waals surface area contributed by atoms with Gasteiger partial charge in [0, 0.05) is 17.4 Å². The topological polar surface area (TPSA) is 62.2 Å². The fourth-order valence-electron chi connectivity index (χ4n) is 1.54. The number of pyridine rings is 1. The van der Waals surface area contributed by atoms with E-state index in [9.17, 15) is 9.90 Å². The van der Waals surface area contributed by atoms with Crippen molar-refractivity contribution in [1.29, 1.82) is 0 Å². The van der Waals surface area contributed by atoms with Crippen LogP contribution in [0.15, 0.2) is 36.7 Å². The monoisotopic (exact) mass is 296 g/mol. The second kappa shape index (κ2) is 5.91. The number of phenols is 1. The largest absolute Gasteiger partial charge is 0.504 e. The van der Waals surface area contributed by atoms with Crippen LogP contribution in [0.5, 0.6) is 5.75 Å². The van der Waals surface area contributed by atoms with Crippen molar-refractivity contribution in [2.75, 3.05) is 5.32 Å². The van der Waals surface area contributed by atoms with E-state index in [1.807, 2.05) is 0 Å². The Morgan fingerprint density at radius 2 is 1.95 bits per heavy atom. The average molecular weight is 297 g/mol. The molecule has 0 fully saturated rings. The number of hydrogen-bond acceptors (Lipinski definition) is 3. The molecule has 2 N–H and O–H groups in total. The van der Waals surface area contributed by atoms with Crippen molar-refractivity contribution in [3.05, 3.63) is 52.3 Å². The summed E-state index contributed by atoms with van der Waals surface area (Å²) in [5.74, 6) is -0.478. The fourth-order valence-corrected chi connectivity index (χ4v) is 2.04. The maximum Gasteiger partial charge on any atom is 0.228 e. The third-order valence-corrected chi connectivity index (χ3v) is 2.92. The van der Waals surface area contributed by atoms with Crippen LogP contribution in [0.4, 0.5) is 5.69 Å². The lowest BCUT2D eigenvalue weighted by Gasteiger charge is -2.09. The van der Waals surface area contributed by atoms with Gasteiger partial charge in [-0.2, -0.15) is 0 Å². The molecule has 0 aliphatic carbocycles. The first-order chi connectivity index (χ1) is 9.06. The molecular formula is C13H10Cl2N2O2. The highest BCUT2D eigenvalue weighted by molar-refractivity contribution is 6.36. The van der Waals surface area contributed by atoms with Crippen molar-refractivity contribution in [2.24, 2.45) is 0 Å². The van der Waals surface area contributed by atoms with E-state index in [1.165, 1.54) is 12.1 Å². The van der Waals surface area contributed by atoms with Gasteiger partial charge in [-0.05, 0) is 29.8 Å². The fraction of sp³-hybridized carbons (Fsp3) is 0.0769. The van der Waals surface area contributed by atoms with Gasteiger partial charge in [-0.15, -0.1) is 0 Å². The van der Waals surface area contributed by atoms with Crippen LogP contribution in [-0.4, -0.2) is 16.0 Å². The van der Waals surface area contributed by atoms with E-state index < -0.39 is 0 Å². The molecule has 19 heavy (non-hydrogen) atoms. The average Bonchev–Trinajstić information content (AvgIpc) is 2.36. The number of hydrogen-bond donors (Lipinski definition) is 2. The molecule has 98 valence electrons. The molecule has 1 aromatic carbocycles. The number of benzene rings is 1. The number of aromatic nitrogens is 1. The summed E-state index contributed by atoms with van der Waals surface area (Å²) in [6, 6.07) is 6.32. The van der Waals surface area contributed by atoms with Gasteiger partial charge in [0.1, 0.15) is 0 Å². The van der Waals surface area contributed by atoms with Gasteiger partial charge in [0.2, 0.25) is 5.91 Å². The Morgan fingerprint density at radius 3 is 2.63 bits per heavy atom. The van der Waals surface area contributed by atoms with E-state index in [0.717, 1.165) is 5.56 Å². The maximum absolute atomic E-state index is 11.8. The molecule has 0 saturated carbocycles. The number of anilines is 1. The first-order valence-corrected chi connectivity index (χ1v) is 6.18. The van der Waals surface area contributed by atoms with Gasteiger partial charge in [-0.3, -0.25) is 9.78 Å². The van der Waals surface area contributed by atoms with Crippen LogP contribution < -0.4 is 5.32 Å². The summed E-state index contributed by atoms with van der Waals surface area (Å²) in [7, 11) is 0. The molecular weight excluding hydrogens is 287 g/mol. The Morgan fingerprint density at radius 1 is 1.26 bits per heavy atom. The normalized spacial score (nSPS) is 10.2. The van der Waals surface area contributed by atoms with E-state index in [-0.39, 0.29) is 28.8 Å². The van der Waals surface area contributed by atoms with Crippen molar-refractivity contribution >= 4 is 34.8 Å². The lowest BCUT2D eigenvalue weighted by Crippen LogP contribution is -2.14. The summed E-state index contributed by atoms with van der Waals surface area (Å²) < 4.78 is 0. The number of carbonyl (C=O) groups is 1. The van der Waals surface area contributed by atoms with Crippen molar-refractivity contribution in [1.82, 2.24) is 4.98 Å². The molecule has 0 spiro atoms. The Balaban J connectivity index is 2.11. The summed E-state index contributed by atoms with van der Waals surface area (Å²) in [5, 5.41) is 12.7. The highest BCUT2D eigenvalue weighted by atomic mass is 35.5. The summed E-state index contributed by atoms with van der Waals surface area (Å²) in [4.78, 5) is 15.7. The van der Waals surface area contributed by atoms with Gasteiger partial charge < -0.3 is 10.4 Å². The molecule has 0 unspecified atom stereocenters. The van der Waals surface area contributed by atoms with Gasteiger partial charge in [-0.25, -0.2) is 0 Å². The molecule has 4 nitrogen and oxygen atoms in total. The van der Waals surface area contributed by atoms with Gasteiger partial charge in [0.15, 0.2) is 5.75 Å². The predicted molar refractivity (Wildman–Crippen MR) is 74.7 cm³/mol. The Labute approximate surface area is 120 Å². The zero-order valence-electron chi connectivity index (χ0n) is 9.73. The molecule has 6 heteroatoms. The second-order valence-corrected chi connectivity index (χ2v) is 4.71. The molecule has 0 radical (unpaired) electrons. The lowest BCUT2D eigenvalue weighted by atomic mass is 10.2. The van der Waals surface area contributed by atoms with E-state index in [2.05, 4.69) is 10.3 Å². The number of halogens is 2. The second-order valence-electron chi connectivity index (χ2n) is 3.86. The van der Waals surface area contributed by atoms with Crippen molar-refractivity contribution in [2.45, 2.75) is 6.42 Å². The van der Waals surface area contributed by atoms with Crippen LogP contribution in [0.3, 0.4) is 0 Å². The highest BCUT2D eigenvalue weighted by Gasteiger charge is 2.11. The quantitative estimate of drug-likeness (QED) is 0.855. The van der Waals surface area contributed by atoms with Crippen molar-refractivity contribution in [3.63, 3.8) is 0 Å². The molecule has 0 aliphatic rings. The van der Waals surface area contributed by atoms with Crippen molar-refractivity contribution < 1.29 is 9.90 Å². The first-order valence-electron chi connectivity index (χ1n) is 5.43. The minimum Gasteiger partial charge on any atom is -0.504 e. The third-order valence-electron chi connectivity index (χ3n) is 2.42. The van der Waals surface area contributed by atoms with Crippen LogP contribution >= 0.6 is 23.2 Å². The van der Waals surface area contributed by atoms with Gasteiger partial charge in [-0.1, -0.05) is 23.2 Å². The van der Waals surface area contributed by atoms with E-state index >= 15 is 0 Å². The Bertz CT molecular complexity index is 603. The molecule has 0 saturated heterocycles. The first kappa shape index (κ1) is 13.6. The zero-order valence-corrected chi connectivity index (χ0v) is 11.2. The summed E-state index contributed by atoms with van der Waals surface area (Å²) in [6.45, 7) is 0. The van der Waals surface area contributed by atoms with E-state index in [1.54, 1.807) is 24.5 Å². The summed E-state index contributed by atoms with van der Waals surface area (Å²) in [5.41, 5.74) is 1.01. The maximum atomic E-state index is 11.8. The number of carbonyl (C=O) groups excluding carboxylic acids is 1. The minimum absolute atomic E-state index is 0.0895. The molecule has 2 aromatic rings. The molecule has 0 atom stereocenters. The molecule has 0 bridgehead atoms. The van der Waals surface area contributed by atoms with Crippen LogP contribution in [0.2, 0.25) is 10.0 Å². The molecule has 1 heterocycles. The van der Waals surface area contributed by atoms with Gasteiger partial charge >= 0.3 is 0 Å². The van der Waals surface area contributed by atoms with Gasteiger partial charge in [0.25, 0.3) is 0 Å². The number of amides is 1. The number of nitrogens with zero attached hydrogens (tertiary/aromatic N) is 1. The standard InChI is InChI=1S/C13H10Cl2N2O2/c14-9-6-10(15)13(19)11(7-9)17-12(18)5-8-1-3-16-4-2-8/h1-4,6-7,19H,5H2,(H,17,18). The Kier molecular flexibility index (Phi) is 4.24. The lowest BCUT2D eigenvalue weighted by molar-refractivity contribution is -0.115. The smallest absolute Gasteiger partial charge is 0.228 e. The molecule has 2 rings (SSSR count). The third kappa shape index (κ3) is 3.59. The van der Waals surface area contributed by atoms with Crippen molar-refractivity contribution in [3.8, 4) is 5.75 Å². The zero-order chi connectivity index (χ0) is 13.8. The number of aromatic hydroxyl groups is 1. The van der Waals surface area contributed by atoms with Crippen LogP contribution in [-0.2, 0) is 11.2 Å². The molecule has 0 aliphatic heterocycles. The van der Waals surface area contributed by atoms with Gasteiger partial charge in [0.05, 0.1) is 17.1 Å². The number of phenolic OH excluding ortho intramolecular Hbond substituents is 1. The summed E-state index contributed by atoms with van der Waals surface area (Å²) >= 11 is 11.6. The highest BCUT2D eigenvalue weighted by Crippen LogP contribution is 2.34. The molecule has 1 aromatic heterocycles. The summed E-state index contributed by atoms with van der Waals surface area (Å²) in [6.07, 6.45) is 3.39. The minimum atomic E-state index is -0.278. The van der Waals surface area contributed by atoms with Crippen LogP contribution in [0.25, 0.3) is 0 Å². The predicted octanol–water partition coefficient (Wildman–Crippen LogP) is 3.28. The SMILES string of the molecule is O=C(Cc1ccncc1)Nc1cc(Cl)cc(Cl)c1O. The Hall–Kier alpha value is -1.78. The molecule has 1 amide bonds.